The zero-order valence-electron chi connectivity index (χ0n) is 18.5. The monoisotopic (exact) mass is 453 g/mol. The van der Waals surface area contributed by atoms with Crippen molar-refractivity contribution < 1.29 is 29.0 Å². The lowest BCUT2D eigenvalue weighted by atomic mass is 9.94. The van der Waals surface area contributed by atoms with Crippen LogP contribution < -0.4 is 15.4 Å². The molecule has 0 radical (unpaired) electrons. The molecule has 3 N–H and O–H groups in total. The molecule has 2 aliphatic heterocycles. The normalized spacial score (nSPS) is 22.2. The SMILES string of the molecule is Cc1ccccc1NC(=O)Nc1ccc2c(c1)C(=O)N(C)[C@@H]1CC[C@@H](CC(=O)O)O[C@H]1CO2. The highest BCUT2D eigenvalue weighted by molar-refractivity contribution is 6.02. The van der Waals surface area contributed by atoms with E-state index in [1.54, 1.807) is 30.1 Å². The summed E-state index contributed by atoms with van der Waals surface area (Å²) in [6.45, 7) is 2.10. The van der Waals surface area contributed by atoms with E-state index in [4.69, 9.17) is 14.6 Å². The first-order chi connectivity index (χ1) is 15.8. The Hall–Kier alpha value is -3.59. The van der Waals surface area contributed by atoms with Crippen LogP contribution in [0.25, 0.3) is 0 Å². The van der Waals surface area contributed by atoms with E-state index in [9.17, 15) is 14.4 Å². The number of anilines is 2. The Morgan fingerprint density at radius 2 is 1.94 bits per heavy atom. The number of urea groups is 1. The van der Waals surface area contributed by atoms with Crippen molar-refractivity contribution in [1.29, 1.82) is 0 Å². The van der Waals surface area contributed by atoms with Gasteiger partial charge in [0.05, 0.1) is 24.1 Å². The molecule has 2 aromatic rings. The third-order valence-corrected chi connectivity index (χ3v) is 6.07. The fraction of sp³-hybridized carbons (Fsp3) is 0.375. The first-order valence-corrected chi connectivity index (χ1v) is 10.9. The highest BCUT2D eigenvalue weighted by atomic mass is 16.5. The lowest BCUT2D eigenvalue weighted by molar-refractivity contribution is -0.148. The van der Waals surface area contributed by atoms with Crippen LogP contribution in [0.4, 0.5) is 16.2 Å². The number of hydrogen-bond acceptors (Lipinski definition) is 5. The van der Waals surface area contributed by atoms with Gasteiger partial charge >= 0.3 is 12.0 Å². The van der Waals surface area contributed by atoms with Gasteiger partial charge in [0, 0.05) is 18.4 Å². The number of carbonyl (C=O) groups is 3. The number of fused-ring (bicyclic) bond motifs is 2. The number of carboxylic acid groups (broad SMARTS) is 1. The molecular formula is C24H27N3O6. The molecule has 0 bridgehead atoms. The molecule has 3 amide bonds. The number of hydrogen-bond donors (Lipinski definition) is 3. The summed E-state index contributed by atoms with van der Waals surface area (Å²) in [6.07, 6.45) is 0.298. The van der Waals surface area contributed by atoms with Gasteiger partial charge in [-0.25, -0.2) is 4.79 Å². The summed E-state index contributed by atoms with van der Waals surface area (Å²) in [5.74, 6) is -0.770. The van der Waals surface area contributed by atoms with Crippen molar-refractivity contribution in [1.82, 2.24) is 4.90 Å². The predicted molar refractivity (Wildman–Crippen MR) is 122 cm³/mol. The summed E-state index contributed by atoms with van der Waals surface area (Å²) in [6, 6.07) is 11.7. The molecule has 4 rings (SSSR count). The third-order valence-electron chi connectivity index (χ3n) is 6.07. The minimum atomic E-state index is -0.911. The zero-order chi connectivity index (χ0) is 23.5. The second-order valence-corrected chi connectivity index (χ2v) is 8.37. The van der Waals surface area contributed by atoms with Gasteiger partial charge in [0.25, 0.3) is 5.91 Å². The van der Waals surface area contributed by atoms with Crippen LogP contribution in [0.3, 0.4) is 0 Å². The Balaban J connectivity index is 1.49. The number of amides is 3. The highest BCUT2D eigenvalue weighted by Crippen LogP contribution is 2.32. The highest BCUT2D eigenvalue weighted by Gasteiger charge is 2.39. The number of aliphatic carboxylic acids is 1. The Morgan fingerprint density at radius 1 is 1.15 bits per heavy atom. The molecule has 1 saturated heterocycles. The Bertz CT molecular complexity index is 1070. The van der Waals surface area contributed by atoms with Gasteiger partial charge in [-0.15, -0.1) is 0 Å². The molecule has 174 valence electrons. The fourth-order valence-electron chi connectivity index (χ4n) is 4.30. The number of para-hydroxylation sites is 1. The molecule has 2 aliphatic rings. The maximum Gasteiger partial charge on any atom is 0.323 e. The van der Waals surface area contributed by atoms with Crippen molar-refractivity contribution in [2.45, 2.75) is 44.4 Å². The number of rotatable bonds is 4. The average Bonchev–Trinajstić information content (AvgIpc) is 2.78. The number of nitrogens with zero attached hydrogens (tertiary/aromatic N) is 1. The zero-order valence-corrected chi connectivity index (χ0v) is 18.5. The number of likely N-dealkylation sites (N-methyl/N-ethyl adjacent to an activating group) is 1. The summed E-state index contributed by atoms with van der Waals surface area (Å²) in [4.78, 5) is 38.4. The van der Waals surface area contributed by atoms with Crippen molar-refractivity contribution in [2.75, 3.05) is 24.3 Å². The van der Waals surface area contributed by atoms with Gasteiger partial charge in [0.1, 0.15) is 18.5 Å². The van der Waals surface area contributed by atoms with E-state index in [0.717, 1.165) is 5.56 Å². The number of ether oxygens (including phenoxy) is 2. The number of carbonyl (C=O) groups excluding carboxylic acids is 2. The van der Waals surface area contributed by atoms with Gasteiger partial charge < -0.3 is 30.1 Å². The lowest BCUT2D eigenvalue weighted by Gasteiger charge is -2.42. The Kier molecular flexibility index (Phi) is 6.50. The summed E-state index contributed by atoms with van der Waals surface area (Å²) in [7, 11) is 1.71. The molecule has 9 nitrogen and oxygen atoms in total. The molecule has 0 aromatic heterocycles. The van der Waals surface area contributed by atoms with E-state index in [1.165, 1.54) is 0 Å². The van der Waals surface area contributed by atoms with Crippen LogP contribution >= 0.6 is 0 Å². The molecule has 33 heavy (non-hydrogen) atoms. The van der Waals surface area contributed by atoms with Gasteiger partial charge in [-0.05, 0) is 49.6 Å². The minimum absolute atomic E-state index is 0.0724. The Labute approximate surface area is 191 Å². The number of carboxylic acids is 1. The molecule has 0 unspecified atom stereocenters. The second kappa shape index (κ2) is 9.50. The summed E-state index contributed by atoms with van der Waals surface area (Å²) >= 11 is 0. The molecule has 3 atom stereocenters. The molecule has 0 aliphatic carbocycles. The standard InChI is InChI=1S/C24H27N3O6/c1-14-5-3-4-6-18(14)26-24(31)25-15-7-10-20-17(11-15)23(30)27(2)19-9-8-16(12-22(28)29)33-21(19)13-32-20/h3-7,10-11,16,19,21H,8-9,12-13H2,1-2H3,(H,28,29)(H2,25,26,31)/t16-,19+,21-/m0/s1. The van der Waals surface area contributed by atoms with Crippen LogP contribution in [-0.2, 0) is 9.53 Å². The summed E-state index contributed by atoms with van der Waals surface area (Å²) < 4.78 is 11.8. The Morgan fingerprint density at radius 3 is 2.70 bits per heavy atom. The topological polar surface area (TPSA) is 117 Å². The van der Waals surface area contributed by atoms with E-state index in [0.29, 0.717) is 35.5 Å². The van der Waals surface area contributed by atoms with Gasteiger partial charge in [0.2, 0.25) is 0 Å². The summed E-state index contributed by atoms with van der Waals surface area (Å²) in [5, 5.41) is 14.6. The number of benzene rings is 2. The number of nitrogens with one attached hydrogen (secondary N) is 2. The van der Waals surface area contributed by atoms with Crippen LogP contribution in [0.5, 0.6) is 5.75 Å². The van der Waals surface area contributed by atoms with Gasteiger partial charge in [-0.1, -0.05) is 18.2 Å². The van der Waals surface area contributed by atoms with Crippen LogP contribution in [0, 0.1) is 6.92 Å². The maximum absolute atomic E-state index is 13.2. The minimum Gasteiger partial charge on any atom is -0.490 e. The first kappa shape index (κ1) is 22.6. The molecule has 2 aromatic carbocycles. The van der Waals surface area contributed by atoms with Gasteiger partial charge in [-0.3, -0.25) is 9.59 Å². The van der Waals surface area contributed by atoms with Crippen molar-refractivity contribution in [3.8, 4) is 5.75 Å². The van der Waals surface area contributed by atoms with Crippen LogP contribution in [-0.4, -0.2) is 59.8 Å². The van der Waals surface area contributed by atoms with Crippen LogP contribution in [0.2, 0.25) is 0 Å². The van der Waals surface area contributed by atoms with E-state index in [1.807, 2.05) is 31.2 Å². The predicted octanol–water partition coefficient (Wildman–Crippen LogP) is 3.49. The molecule has 0 saturated carbocycles. The maximum atomic E-state index is 13.2. The van der Waals surface area contributed by atoms with Crippen LogP contribution in [0.15, 0.2) is 42.5 Å². The third kappa shape index (κ3) is 5.09. The summed E-state index contributed by atoms with van der Waals surface area (Å²) in [5.41, 5.74) is 2.44. The van der Waals surface area contributed by atoms with E-state index < -0.39 is 24.2 Å². The smallest absolute Gasteiger partial charge is 0.323 e. The van der Waals surface area contributed by atoms with Crippen molar-refractivity contribution in [3.05, 3.63) is 53.6 Å². The number of aryl methyl sites for hydroxylation is 1. The molecular weight excluding hydrogens is 426 g/mol. The van der Waals surface area contributed by atoms with E-state index in [-0.39, 0.29) is 25.0 Å². The second-order valence-electron chi connectivity index (χ2n) is 8.37. The average molecular weight is 453 g/mol. The fourth-order valence-corrected chi connectivity index (χ4v) is 4.30. The van der Waals surface area contributed by atoms with Crippen LogP contribution in [0.1, 0.15) is 35.2 Å². The van der Waals surface area contributed by atoms with Crippen molar-refractivity contribution >= 4 is 29.3 Å². The molecule has 0 spiro atoms. The molecule has 2 heterocycles. The van der Waals surface area contributed by atoms with Gasteiger partial charge in [0.15, 0.2) is 0 Å². The van der Waals surface area contributed by atoms with E-state index >= 15 is 0 Å². The first-order valence-electron chi connectivity index (χ1n) is 10.9. The van der Waals surface area contributed by atoms with Gasteiger partial charge in [-0.2, -0.15) is 0 Å². The molecule has 1 fully saturated rings. The molecule has 9 heteroatoms. The lowest BCUT2D eigenvalue weighted by Crippen LogP contribution is -2.53. The quantitative estimate of drug-likeness (QED) is 0.652. The van der Waals surface area contributed by atoms with Crippen molar-refractivity contribution in [2.24, 2.45) is 0 Å². The largest absolute Gasteiger partial charge is 0.490 e. The van der Waals surface area contributed by atoms with E-state index in [2.05, 4.69) is 10.6 Å². The van der Waals surface area contributed by atoms with Crippen molar-refractivity contribution in [3.63, 3.8) is 0 Å².